The van der Waals surface area contributed by atoms with Gasteiger partial charge in [0.15, 0.2) is 17.3 Å². The molecule has 3 heterocycles. The first kappa shape index (κ1) is 16.2. The first-order valence-corrected chi connectivity index (χ1v) is 9.10. The Morgan fingerprint density at radius 2 is 2.12 bits per heavy atom. The molecule has 1 aromatic carbocycles. The van der Waals surface area contributed by atoms with E-state index in [1.165, 1.54) is 4.88 Å². The van der Waals surface area contributed by atoms with Crippen LogP contribution in [0, 0.1) is 13.8 Å². The summed E-state index contributed by atoms with van der Waals surface area (Å²) in [6.07, 6.45) is 0. The Balaban J connectivity index is 1.63. The van der Waals surface area contributed by atoms with Crippen molar-refractivity contribution in [3.8, 4) is 21.9 Å². The molecule has 0 spiro atoms. The minimum absolute atomic E-state index is 0.205. The highest BCUT2D eigenvalue weighted by Gasteiger charge is 2.21. The molecule has 1 aliphatic heterocycles. The van der Waals surface area contributed by atoms with Gasteiger partial charge in [0.1, 0.15) is 6.61 Å². The molecule has 0 aliphatic carbocycles. The number of nitrogens with zero attached hydrogens (tertiary/aromatic N) is 2. The minimum Gasteiger partial charge on any atom is -0.504 e. The lowest BCUT2D eigenvalue weighted by atomic mass is 10.1. The molecule has 1 N–H and O–H groups in total. The number of aryl methyl sites for hydroxylation is 2. The van der Waals surface area contributed by atoms with Crippen LogP contribution in [0.2, 0.25) is 0 Å². The van der Waals surface area contributed by atoms with Crippen molar-refractivity contribution in [2.45, 2.75) is 26.9 Å². The van der Waals surface area contributed by atoms with Crippen molar-refractivity contribution in [2.75, 3.05) is 13.2 Å². The number of phenols is 1. The minimum atomic E-state index is 0.205. The number of rotatable bonds is 3. The number of hydrogen-bond acceptors (Lipinski definition) is 6. The van der Waals surface area contributed by atoms with Gasteiger partial charge in [-0.15, -0.1) is 11.3 Å². The van der Waals surface area contributed by atoms with Crippen LogP contribution >= 0.6 is 11.3 Å². The van der Waals surface area contributed by atoms with E-state index < -0.39 is 0 Å². The smallest absolute Gasteiger partial charge is 0.165 e. The summed E-state index contributed by atoms with van der Waals surface area (Å²) in [6, 6.07) is 10.0. The Labute approximate surface area is 150 Å². The first-order chi connectivity index (χ1) is 12.1. The standard InChI is InChI=1S/C19H20N2O3S/c1-12-7-16(24-20-12)11-21-5-6-23-19-15(10-21)8-14(9-17(19)22)18-4-3-13(2)25-18/h3-4,7-9,22H,5-6,10-11H2,1-2H3. The zero-order chi connectivity index (χ0) is 17.4. The Bertz CT molecular complexity index is 900. The van der Waals surface area contributed by atoms with Crippen LogP contribution in [0.3, 0.4) is 0 Å². The van der Waals surface area contributed by atoms with Crippen LogP contribution < -0.4 is 4.74 Å². The zero-order valence-electron chi connectivity index (χ0n) is 14.3. The van der Waals surface area contributed by atoms with Gasteiger partial charge in [0.2, 0.25) is 0 Å². The van der Waals surface area contributed by atoms with Crippen molar-refractivity contribution in [3.05, 3.63) is 52.2 Å². The normalized spacial score (nSPS) is 14.8. The molecule has 5 nitrogen and oxygen atoms in total. The summed E-state index contributed by atoms with van der Waals surface area (Å²) in [7, 11) is 0. The van der Waals surface area contributed by atoms with Crippen molar-refractivity contribution >= 4 is 11.3 Å². The summed E-state index contributed by atoms with van der Waals surface area (Å²) in [4.78, 5) is 4.65. The van der Waals surface area contributed by atoms with Gasteiger partial charge in [-0.1, -0.05) is 5.16 Å². The maximum atomic E-state index is 10.4. The predicted octanol–water partition coefficient (Wildman–Crippen LogP) is 4.12. The van der Waals surface area contributed by atoms with Gasteiger partial charge in [-0.2, -0.15) is 0 Å². The Kier molecular flexibility index (Phi) is 4.23. The van der Waals surface area contributed by atoms with Gasteiger partial charge in [-0.25, -0.2) is 0 Å². The third kappa shape index (κ3) is 3.41. The van der Waals surface area contributed by atoms with Crippen molar-refractivity contribution in [3.63, 3.8) is 0 Å². The van der Waals surface area contributed by atoms with Crippen molar-refractivity contribution in [1.82, 2.24) is 10.1 Å². The molecule has 130 valence electrons. The Morgan fingerprint density at radius 3 is 2.84 bits per heavy atom. The molecule has 0 amide bonds. The maximum Gasteiger partial charge on any atom is 0.165 e. The summed E-state index contributed by atoms with van der Waals surface area (Å²) in [5, 5.41) is 14.4. The number of hydrogen-bond donors (Lipinski definition) is 1. The second-order valence-corrected chi connectivity index (χ2v) is 7.68. The van der Waals surface area contributed by atoms with Crippen LogP contribution in [-0.4, -0.2) is 28.3 Å². The van der Waals surface area contributed by atoms with Crippen LogP contribution in [0.25, 0.3) is 10.4 Å². The number of aromatic nitrogens is 1. The number of phenolic OH excluding ortho intramolecular Hbond substituents is 1. The molecule has 25 heavy (non-hydrogen) atoms. The quantitative estimate of drug-likeness (QED) is 0.765. The van der Waals surface area contributed by atoms with Crippen molar-refractivity contribution in [1.29, 1.82) is 0 Å². The number of thiophene rings is 1. The molecule has 4 rings (SSSR count). The van der Waals surface area contributed by atoms with E-state index in [0.29, 0.717) is 25.4 Å². The highest BCUT2D eigenvalue weighted by atomic mass is 32.1. The molecule has 0 radical (unpaired) electrons. The molecular weight excluding hydrogens is 336 g/mol. The monoisotopic (exact) mass is 356 g/mol. The van der Waals surface area contributed by atoms with E-state index in [9.17, 15) is 5.11 Å². The summed E-state index contributed by atoms with van der Waals surface area (Å²) in [5.41, 5.74) is 2.90. The second kappa shape index (κ2) is 6.54. The highest BCUT2D eigenvalue weighted by Crippen LogP contribution is 2.39. The van der Waals surface area contributed by atoms with E-state index in [2.05, 4.69) is 35.2 Å². The van der Waals surface area contributed by atoms with E-state index in [1.54, 1.807) is 17.4 Å². The van der Waals surface area contributed by atoms with Gasteiger partial charge in [-0.05, 0) is 43.7 Å². The number of aromatic hydroxyl groups is 1. The number of ether oxygens (including phenoxy) is 1. The fraction of sp³-hybridized carbons (Fsp3) is 0.316. The zero-order valence-corrected chi connectivity index (χ0v) is 15.1. The SMILES string of the molecule is Cc1cc(CN2CCOc3c(O)cc(-c4ccc(C)s4)cc3C2)on1. The maximum absolute atomic E-state index is 10.4. The van der Waals surface area contributed by atoms with Crippen molar-refractivity contribution in [2.24, 2.45) is 0 Å². The van der Waals surface area contributed by atoms with E-state index in [4.69, 9.17) is 9.26 Å². The largest absolute Gasteiger partial charge is 0.504 e. The first-order valence-electron chi connectivity index (χ1n) is 8.28. The molecule has 1 aliphatic rings. The van der Waals surface area contributed by atoms with Gasteiger partial charge in [-0.3, -0.25) is 4.90 Å². The molecule has 3 aromatic rings. The summed E-state index contributed by atoms with van der Waals surface area (Å²) >= 11 is 1.72. The lowest BCUT2D eigenvalue weighted by molar-refractivity contribution is 0.198. The molecule has 0 fully saturated rings. The van der Waals surface area contributed by atoms with Crippen LogP contribution in [-0.2, 0) is 13.1 Å². The van der Waals surface area contributed by atoms with Gasteiger partial charge in [0.05, 0.1) is 12.2 Å². The summed E-state index contributed by atoms with van der Waals surface area (Å²) < 4.78 is 11.1. The van der Waals surface area contributed by atoms with E-state index in [-0.39, 0.29) is 5.75 Å². The van der Waals surface area contributed by atoms with E-state index in [1.807, 2.05) is 13.0 Å². The fourth-order valence-corrected chi connectivity index (χ4v) is 3.99. The molecule has 0 atom stereocenters. The van der Waals surface area contributed by atoms with Crippen LogP contribution in [0.4, 0.5) is 0 Å². The molecule has 0 bridgehead atoms. The van der Waals surface area contributed by atoms with Crippen LogP contribution in [0.1, 0.15) is 21.9 Å². The number of benzene rings is 1. The molecule has 2 aromatic heterocycles. The third-order valence-electron chi connectivity index (χ3n) is 4.28. The lowest BCUT2D eigenvalue weighted by Crippen LogP contribution is -2.25. The van der Waals surface area contributed by atoms with Crippen LogP contribution in [0.5, 0.6) is 11.5 Å². The van der Waals surface area contributed by atoms with Crippen molar-refractivity contribution < 1.29 is 14.4 Å². The Morgan fingerprint density at radius 1 is 1.24 bits per heavy atom. The van der Waals surface area contributed by atoms with Crippen LogP contribution in [0.15, 0.2) is 34.9 Å². The Hall–Kier alpha value is -2.31. The van der Waals surface area contributed by atoms with Gasteiger partial charge < -0.3 is 14.4 Å². The summed E-state index contributed by atoms with van der Waals surface area (Å²) in [5.74, 6) is 1.64. The topological polar surface area (TPSA) is 58.7 Å². The van der Waals surface area contributed by atoms with E-state index >= 15 is 0 Å². The van der Waals surface area contributed by atoms with E-state index in [0.717, 1.165) is 34.0 Å². The lowest BCUT2D eigenvalue weighted by Gasteiger charge is -2.17. The van der Waals surface area contributed by atoms with Gasteiger partial charge >= 0.3 is 0 Å². The molecule has 0 unspecified atom stereocenters. The molecule has 0 saturated carbocycles. The third-order valence-corrected chi connectivity index (χ3v) is 5.32. The fourth-order valence-electron chi connectivity index (χ4n) is 3.13. The van der Waals surface area contributed by atoms with Gasteiger partial charge in [0, 0.05) is 34.5 Å². The molecule has 6 heteroatoms. The molecule has 0 saturated heterocycles. The number of fused-ring (bicyclic) bond motifs is 1. The van der Waals surface area contributed by atoms with Gasteiger partial charge in [0.25, 0.3) is 0 Å². The average Bonchev–Trinajstić information content (AvgIpc) is 3.11. The predicted molar refractivity (Wildman–Crippen MR) is 97.0 cm³/mol. The average molecular weight is 356 g/mol. The molecular formula is C19H20N2O3S. The second-order valence-electron chi connectivity index (χ2n) is 6.39. The summed E-state index contributed by atoms with van der Waals surface area (Å²) in [6.45, 7) is 6.67. The highest BCUT2D eigenvalue weighted by molar-refractivity contribution is 7.15.